The SMILES string of the molecule is CC1CCC(CNC(=O)C2(N)C3CCCOC3C2(C)C)C1. The van der Waals surface area contributed by atoms with E-state index in [1.54, 1.807) is 0 Å². The topological polar surface area (TPSA) is 64.4 Å². The van der Waals surface area contributed by atoms with Crippen molar-refractivity contribution >= 4 is 5.91 Å². The molecule has 3 aliphatic rings. The lowest BCUT2D eigenvalue weighted by Crippen LogP contribution is -2.82. The minimum absolute atomic E-state index is 0.0406. The van der Waals surface area contributed by atoms with Crippen LogP contribution in [-0.2, 0) is 9.53 Å². The van der Waals surface area contributed by atoms with Crippen molar-refractivity contribution in [3.05, 3.63) is 0 Å². The van der Waals surface area contributed by atoms with Crippen LogP contribution in [0, 0.1) is 23.2 Å². The molecular formula is C17H30N2O2. The Kier molecular flexibility index (Phi) is 3.81. The molecule has 120 valence electrons. The molecule has 0 radical (unpaired) electrons. The monoisotopic (exact) mass is 294 g/mol. The highest BCUT2D eigenvalue weighted by Crippen LogP contribution is 2.57. The first-order valence-electron chi connectivity index (χ1n) is 8.56. The number of carbonyl (C=O) groups excluding carboxylic acids is 1. The zero-order valence-corrected chi connectivity index (χ0v) is 13.7. The van der Waals surface area contributed by atoms with Crippen molar-refractivity contribution in [2.45, 2.75) is 64.5 Å². The van der Waals surface area contributed by atoms with Gasteiger partial charge in [-0.05, 0) is 37.5 Å². The lowest BCUT2D eigenvalue weighted by atomic mass is 9.46. The van der Waals surface area contributed by atoms with Crippen molar-refractivity contribution in [3.8, 4) is 0 Å². The van der Waals surface area contributed by atoms with Crippen LogP contribution in [0.5, 0.6) is 0 Å². The number of amides is 1. The zero-order chi connectivity index (χ0) is 15.3. The second kappa shape index (κ2) is 5.24. The van der Waals surface area contributed by atoms with E-state index in [-0.39, 0.29) is 23.3 Å². The summed E-state index contributed by atoms with van der Waals surface area (Å²) in [5.74, 6) is 1.66. The maximum atomic E-state index is 12.8. The molecule has 0 bridgehead atoms. The molecule has 3 rings (SSSR count). The molecule has 21 heavy (non-hydrogen) atoms. The number of fused-ring (bicyclic) bond motifs is 1. The number of hydrogen-bond acceptors (Lipinski definition) is 3. The van der Waals surface area contributed by atoms with Crippen LogP contribution in [0.4, 0.5) is 0 Å². The molecule has 4 heteroatoms. The van der Waals surface area contributed by atoms with E-state index in [0.29, 0.717) is 5.92 Å². The van der Waals surface area contributed by atoms with Crippen molar-refractivity contribution in [1.82, 2.24) is 5.32 Å². The van der Waals surface area contributed by atoms with E-state index in [9.17, 15) is 4.79 Å². The molecule has 0 aromatic heterocycles. The molecule has 2 saturated carbocycles. The van der Waals surface area contributed by atoms with Crippen LogP contribution in [0.15, 0.2) is 0 Å². The van der Waals surface area contributed by atoms with Gasteiger partial charge in [-0.25, -0.2) is 0 Å². The van der Waals surface area contributed by atoms with Crippen molar-refractivity contribution < 1.29 is 9.53 Å². The summed E-state index contributed by atoms with van der Waals surface area (Å²) in [4.78, 5) is 12.8. The highest BCUT2D eigenvalue weighted by atomic mass is 16.5. The Morgan fingerprint density at radius 3 is 2.76 bits per heavy atom. The Bertz CT molecular complexity index is 423. The van der Waals surface area contributed by atoms with Gasteiger partial charge in [0.15, 0.2) is 0 Å². The number of carbonyl (C=O) groups is 1. The first-order chi connectivity index (χ1) is 9.87. The maximum absolute atomic E-state index is 12.8. The predicted octanol–water partition coefficient (Wildman–Crippen LogP) is 2.07. The summed E-state index contributed by atoms with van der Waals surface area (Å²) < 4.78 is 5.87. The summed E-state index contributed by atoms with van der Waals surface area (Å²) in [5.41, 5.74) is 5.56. The molecule has 5 unspecified atom stereocenters. The summed E-state index contributed by atoms with van der Waals surface area (Å²) in [5, 5.41) is 3.16. The first-order valence-corrected chi connectivity index (χ1v) is 8.56. The van der Waals surface area contributed by atoms with Crippen molar-refractivity contribution in [1.29, 1.82) is 0 Å². The molecule has 3 N–H and O–H groups in total. The van der Waals surface area contributed by atoms with Crippen molar-refractivity contribution in [2.24, 2.45) is 28.9 Å². The second-order valence-corrected chi connectivity index (χ2v) is 8.13. The van der Waals surface area contributed by atoms with Crippen molar-refractivity contribution in [2.75, 3.05) is 13.2 Å². The summed E-state index contributed by atoms with van der Waals surface area (Å²) in [6.07, 6.45) is 5.93. The van der Waals surface area contributed by atoms with Crippen LogP contribution < -0.4 is 11.1 Å². The lowest BCUT2D eigenvalue weighted by Gasteiger charge is -2.65. The number of rotatable bonds is 3. The van der Waals surface area contributed by atoms with Gasteiger partial charge in [-0.15, -0.1) is 0 Å². The fourth-order valence-corrected chi connectivity index (χ4v) is 4.93. The third-order valence-corrected chi connectivity index (χ3v) is 6.42. The minimum Gasteiger partial charge on any atom is -0.377 e. The van der Waals surface area contributed by atoms with E-state index in [4.69, 9.17) is 10.5 Å². The van der Waals surface area contributed by atoms with Crippen LogP contribution in [-0.4, -0.2) is 30.7 Å². The first kappa shape index (κ1) is 15.3. The third-order valence-electron chi connectivity index (χ3n) is 6.42. The number of nitrogens with one attached hydrogen (secondary N) is 1. The van der Waals surface area contributed by atoms with Crippen LogP contribution >= 0.6 is 0 Å². The van der Waals surface area contributed by atoms with E-state index in [2.05, 4.69) is 26.1 Å². The largest absolute Gasteiger partial charge is 0.377 e. The summed E-state index contributed by atoms with van der Waals surface area (Å²) in [6.45, 7) is 8.05. The Labute approximate surface area is 128 Å². The second-order valence-electron chi connectivity index (χ2n) is 8.13. The average Bonchev–Trinajstić information content (AvgIpc) is 2.89. The van der Waals surface area contributed by atoms with E-state index in [0.717, 1.165) is 31.9 Å². The van der Waals surface area contributed by atoms with Crippen LogP contribution in [0.1, 0.15) is 52.9 Å². The molecular weight excluding hydrogens is 264 g/mol. The van der Waals surface area contributed by atoms with Gasteiger partial charge in [0, 0.05) is 24.5 Å². The summed E-state index contributed by atoms with van der Waals surface area (Å²) in [6, 6.07) is 0. The van der Waals surface area contributed by atoms with E-state index < -0.39 is 5.54 Å². The zero-order valence-electron chi connectivity index (χ0n) is 13.7. The lowest BCUT2D eigenvalue weighted by molar-refractivity contribution is -0.225. The molecule has 0 spiro atoms. The van der Waals surface area contributed by atoms with Gasteiger partial charge in [0.25, 0.3) is 0 Å². The Hall–Kier alpha value is -0.610. The quantitative estimate of drug-likeness (QED) is 0.837. The molecule has 1 amide bonds. The molecule has 0 aromatic rings. The molecule has 4 nitrogen and oxygen atoms in total. The van der Waals surface area contributed by atoms with Gasteiger partial charge in [0.1, 0.15) is 5.54 Å². The van der Waals surface area contributed by atoms with Crippen LogP contribution in [0.25, 0.3) is 0 Å². The minimum atomic E-state index is -0.762. The smallest absolute Gasteiger partial charge is 0.241 e. The highest BCUT2D eigenvalue weighted by Gasteiger charge is 2.70. The normalized spacial score (nSPS) is 44.8. The number of hydrogen-bond donors (Lipinski definition) is 2. The molecule has 1 aliphatic heterocycles. The molecule has 5 atom stereocenters. The fraction of sp³-hybridized carbons (Fsp3) is 0.941. The Morgan fingerprint density at radius 1 is 1.33 bits per heavy atom. The van der Waals surface area contributed by atoms with Gasteiger partial charge in [0.05, 0.1) is 6.10 Å². The Morgan fingerprint density at radius 2 is 2.10 bits per heavy atom. The molecule has 2 aliphatic carbocycles. The van der Waals surface area contributed by atoms with Gasteiger partial charge in [0.2, 0.25) is 5.91 Å². The van der Waals surface area contributed by atoms with E-state index in [1.807, 2.05) is 0 Å². The summed E-state index contributed by atoms with van der Waals surface area (Å²) in [7, 11) is 0. The van der Waals surface area contributed by atoms with Crippen LogP contribution in [0.3, 0.4) is 0 Å². The van der Waals surface area contributed by atoms with Gasteiger partial charge in [-0.2, -0.15) is 0 Å². The van der Waals surface area contributed by atoms with Gasteiger partial charge < -0.3 is 15.8 Å². The molecule has 3 fully saturated rings. The average molecular weight is 294 g/mol. The third kappa shape index (κ3) is 2.22. The Balaban J connectivity index is 1.63. The standard InChI is InChI=1S/C17H30N2O2/c1-11-6-7-12(9-11)10-19-15(20)17(18)13-5-4-8-21-14(13)16(17,2)3/h11-14H,4-10,18H2,1-3H3,(H,19,20). The molecule has 0 aromatic carbocycles. The highest BCUT2D eigenvalue weighted by molar-refractivity contribution is 5.89. The maximum Gasteiger partial charge on any atom is 0.241 e. The van der Waals surface area contributed by atoms with Crippen LogP contribution in [0.2, 0.25) is 0 Å². The fourth-order valence-electron chi connectivity index (χ4n) is 4.93. The predicted molar refractivity (Wildman–Crippen MR) is 82.7 cm³/mol. The molecule has 1 heterocycles. The van der Waals surface area contributed by atoms with Gasteiger partial charge in [-0.1, -0.05) is 27.2 Å². The van der Waals surface area contributed by atoms with E-state index in [1.165, 1.54) is 19.3 Å². The number of ether oxygens (including phenoxy) is 1. The summed E-state index contributed by atoms with van der Waals surface area (Å²) >= 11 is 0. The van der Waals surface area contributed by atoms with Gasteiger partial charge >= 0.3 is 0 Å². The molecule has 1 saturated heterocycles. The van der Waals surface area contributed by atoms with Crippen molar-refractivity contribution in [3.63, 3.8) is 0 Å². The van der Waals surface area contributed by atoms with E-state index >= 15 is 0 Å². The van der Waals surface area contributed by atoms with Gasteiger partial charge in [-0.3, -0.25) is 4.79 Å². The number of nitrogens with two attached hydrogens (primary N) is 1.